The first kappa shape index (κ1) is 13.0. The van der Waals surface area contributed by atoms with Gasteiger partial charge in [-0.1, -0.05) is 20.8 Å². The van der Waals surface area contributed by atoms with Gasteiger partial charge in [-0.15, -0.1) is 0 Å². The summed E-state index contributed by atoms with van der Waals surface area (Å²) in [5, 5.41) is 3.23. The molecule has 0 aliphatic heterocycles. The maximum Gasteiger partial charge on any atom is 0.137 e. The first-order chi connectivity index (χ1) is 8.45. The largest absolute Gasteiger partial charge is 0.363 e. The molecule has 2 N–H and O–H groups in total. The zero-order valence-corrected chi connectivity index (χ0v) is 12.2. The highest BCUT2D eigenvalue weighted by molar-refractivity contribution is 9.10. The molecule has 5 nitrogen and oxygen atoms in total. The minimum absolute atomic E-state index is 0.0785. The summed E-state index contributed by atoms with van der Waals surface area (Å²) in [6, 6.07) is 1.86. The number of H-pyrrole nitrogens is 1. The van der Waals surface area contributed by atoms with Crippen LogP contribution in [0.4, 0.5) is 5.82 Å². The molecule has 96 valence electrons. The van der Waals surface area contributed by atoms with Crippen LogP contribution in [0.2, 0.25) is 0 Å². The molecule has 0 atom stereocenters. The van der Waals surface area contributed by atoms with Gasteiger partial charge in [-0.3, -0.25) is 0 Å². The van der Waals surface area contributed by atoms with E-state index in [2.05, 4.69) is 62.0 Å². The Morgan fingerprint density at radius 3 is 2.72 bits per heavy atom. The van der Waals surface area contributed by atoms with Crippen molar-refractivity contribution in [2.24, 2.45) is 0 Å². The SMILES string of the molecule is CC(C)(C)c1nc(Br)cc(NCc2ncc[nH]2)n1. The Kier molecular flexibility index (Phi) is 3.65. The van der Waals surface area contributed by atoms with Crippen LogP contribution in [0.1, 0.15) is 32.4 Å². The molecule has 2 rings (SSSR count). The zero-order valence-electron chi connectivity index (χ0n) is 10.7. The van der Waals surface area contributed by atoms with E-state index in [0.717, 1.165) is 22.1 Å². The Hall–Kier alpha value is -1.43. The van der Waals surface area contributed by atoms with Crippen LogP contribution in [-0.2, 0) is 12.0 Å². The van der Waals surface area contributed by atoms with Gasteiger partial charge in [-0.25, -0.2) is 15.0 Å². The maximum absolute atomic E-state index is 4.51. The van der Waals surface area contributed by atoms with Gasteiger partial charge >= 0.3 is 0 Å². The molecule has 0 unspecified atom stereocenters. The third-order valence-corrected chi connectivity index (χ3v) is 2.76. The molecule has 0 spiro atoms. The lowest BCUT2D eigenvalue weighted by molar-refractivity contribution is 0.544. The van der Waals surface area contributed by atoms with Crippen molar-refractivity contribution in [3.63, 3.8) is 0 Å². The molecule has 0 fully saturated rings. The van der Waals surface area contributed by atoms with Crippen LogP contribution >= 0.6 is 15.9 Å². The quantitative estimate of drug-likeness (QED) is 0.856. The number of nitrogens with zero attached hydrogens (tertiary/aromatic N) is 3. The first-order valence-corrected chi connectivity index (χ1v) is 6.51. The van der Waals surface area contributed by atoms with Gasteiger partial charge in [0.2, 0.25) is 0 Å². The molecular weight excluding hydrogens is 294 g/mol. The number of hydrogen-bond donors (Lipinski definition) is 2. The molecule has 2 aromatic heterocycles. The topological polar surface area (TPSA) is 66.5 Å². The van der Waals surface area contributed by atoms with Crippen molar-refractivity contribution in [2.45, 2.75) is 32.7 Å². The lowest BCUT2D eigenvalue weighted by Gasteiger charge is -2.17. The average molecular weight is 310 g/mol. The van der Waals surface area contributed by atoms with Crippen molar-refractivity contribution in [3.05, 3.63) is 34.7 Å². The summed E-state index contributed by atoms with van der Waals surface area (Å²) in [6.45, 7) is 6.88. The second-order valence-electron chi connectivity index (χ2n) is 5.04. The fourth-order valence-corrected chi connectivity index (χ4v) is 1.80. The summed E-state index contributed by atoms with van der Waals surface area (Å²) in [5.41, 5.74) is -0.0785. The van der Waals surface area contributed by atoms with Crippen LogP contribution in [0.25, 0.3) is 0 Å². The second kappa shape index (κ2) is 5.06. The van der Waals surface area contributed by atoms with E-state index in [1.807, 2.05) is 6.07 Å². The van der Waals surface area contributed by atoms with Gasteiger partial charge in [0.1, 0.15) is 22.1 Å². The highest BCUT2D eigenvalue weighted by Crippen LogP contribution is 2.22. The van der Waals surface area contributed by atoms with Crippen LogP contribution < -0.4 is 5.32 Å². The Labute approximate surface area is 115 Å². The molecule has 0 aliphatic rings. The average Bonchev–Trinajstić information content (AvgIpc) is 2.77. The molecule has 0 amide bonds. The summed E-state index contributed by atoms with van der Waals surface area (Å²) in [7, 11) is 0. The Morgan fingerprint density at radius 1 is 1.33 bits per heavy atom. The monoisotopic (exact) mass is 309 g/mol. The normalized spacial score (nSPS) is 11.6. The van der Waals surface area contributed by atoms with E-state index in [1.165, 1.54) is 0 Å². The number of aromatic nitrogens is 4. The van der Waals surface area contributed by atoms with E-state index in [-0.39, 0.29) is 5.41 Å². The highest BCUT2D eigenvalue weighted by atomic mass is 79.9. The predicted octanol–water partition coefficient (Wildman–Crippen LogP) is 2.87. The Balaban J connectivity index is 2.15. The van der Waals surface area contributed by atoms with Gasteiger partial charge in [0, 0.05) is 23.9 Å². The van der Waals surface area contributed by atoms with Crippen molar-refractivity contribution in [1.82, 2.24) is 19.9 Å². The lowest BCUT2D eigenvalue weighted by Crippen LogP contribution is -2.17. The highest BCUT2D eigenvalue weighted by Gasteiger charge is 2.18. The summed E-state index contributed by atoms with van der Waals surface area (Å²) >= 11 is 3.41. The molecule has 0 bridgehead atoms. The molecule has 0 saturated carbocycles. The summed E-state index contributed by atoms with van der Waals surface area (Å²) in [4.78, 5) is 16.1. The Bertz CT molecular complexity index is 516. The van der Waals surface area contributed by atoms with E-state index < -0.39 is 0 Å². The number of nitrogens with one attached hydrogen (secondary N) is 2. The molecule has 0 radical (unpaired) electrons. The number of halogens is 1. The van der Waals surface area contributed by atoms with Gasteiger partial charge in [-0.2, -0.15) is 0 Å². The fraction of sp³-hybridized carbons (Fsp3) is 0.417. The molecule has 2 heterocycles. The molecule has 0 saturated heterocycles. The fourth-order valence-electron chi connectivity index (χ4n) is 1.41. The third-order valence-electron chi connectivity index (χ3n) is 2.36. The molecule has 0 aromatic carbocycles. The van der Waals surface area contributed by atoms with Gasteiger partial charge in [0.15, 0.2) is 0 Å². The molecule has 2 aromatic rings. The number of anilines is 1. The van der Waals surface area contributed by atoms with Gasteiger partial charge in [0.25, 0.3) is 0 Å². The van der Waals surface area contributed by atoms with Gasteiger partial charge in [-0.05, 0) is 15.9 Å². The zero-order chi connectivity index (χ0) is 13.2. The van der Waals surface area contributed by atoms with E-state index in [1.54, 1.807) is 12.4 Å². The second-order valence-corrected chi connectivity index (χ2v) is 5.85. The lowest BCUT2D eigenvalue weighted by atomic mass is 9.96. The van der Waals surface area contributed by atoms with Crippen molar-refractivity contribution in [1.29, 1.82) is 0 Å². The van der Waals surface area contributed by atoms with Crippen LogP contribution in [0, 0.1) is 0 Å². The van der Waals surface area contributed by atoms with Crippen LogP contribution in [-0.4, -0.2) is 19.9 Å². The number of hydrogen-bond acceptors (Lipinski definition) is 4. The van der Waals surface area contributed by atoms with Gasteiger partial charge in [0.05, 0.1) is 6.54 Å². The van der Waals surface area contributed by atoms with Gasteiger partial charge < -0.3 is 10.3 Å². The minimum Gasteiger partial charge on any atom is -0.363 e. The Morgan fingerprint density at radius 2 is 2.11 bits per heavy atom. The standard InChI is InChI=1S/C12H16BrN5/c1-12(2,3)11-17-8(13)6-9(18-11)16-7-10-14-4-5-15-10/h4-6H,7H2,1-3H3,(H,14,15)(H,16,17,18). The summed E-state index contributed by atoms with van der Waals surface area (Å²) in [6.07, 6.45) is 3.53. The summed E-state index contributed by atoms with van der Waals surface area (Å²) < 4.78 is 0.782. The van der Waals surface area contributed by atoms with E-state index in [4.69, 9.17) is 0 Å². The van der Waals surface area contributed by atoms with E-state index >= 15 is 0 Å². The molecule has 0 aliphatic carbocycles. The van der Waals surface area contributed by atoms with Crippen LogP contribution in [0.15, 0.2) is 23.1 Å². The third kappa shape index (κ3) is 3.29. The molecular formula is C12H16BrN5. The number of aromatic amines is 1. The maximum atomic E-state index is 4.51. The van der Waals surface area contributed by atoms with Crippen LogP contribution in [0.3, 0.4) is 0 Å². The smallest absolute Gasteiger partial charge is 0.137 e. The van der Waals surface area contributed by atoms with Crippen molar-refractivity contribution in [3.8, 4) is 0 Å². The van der Waals surface area contributed by atoms with E-state index in [9.17, 15) is 0 Å². The van der Waals surface area contributed by atoms with Crippen LogP contribution in [0.5, 0.6) is 0 Å². The predicted molar refractivity (Wildman–Crippen MR) is 74.3 cm³/mol. The first-order valence-electron chi connectivity index (χ1n) is 5.72. The molecule has 18 heavy (non-hydrogen) atoms. The number of imidazole rings is 1. The summed E-state index contributed by atoms with van der Waals surface area (Å²) in [5.74, 6) is 2.47. The van der Waals surface area contributed by atoms with E-state index in [0.29, 0.717) is 6.54 Å². The minimum atomic E-state index is -0.0785. The van der Waals surface area contributed by atoms with Crippen molar-refractivity contribution in [2.75, 3.05) is 5.32 Å². The van der Waals surface area contributed by atoms with Crippen molar-refractivity contribution < 1.29 is 0 Å². The molecule has 6 heteroatoms. The number of rotatable bonds is 3. The van der Waals surface area contributed by atoms with Crippen molar-refractivity contribution >= 4 is 21.7 Å².